The van der Waals surface area contributed by atoms with Crippen LogP contribution in [0.2, 0.25) is 0 Å². The molecule has 3 atom stereocenters. The molecule has 2 fully saturated rings. The molecule has 1 aromatic heterocycles. The van der Waals surface area contributed by atoms with Crippen molar-refractivity contribution in [3.05, 3.63) is 11.9 Å². The smallest absolute Gasteiger partial charge is 0.0833 e. The molecule has 4 nitrogen and oxygen atoms in total. The van der Waals surface area contributed by atoms with E-state index in [0.29, 0.717) is 5.41 Å². The van der Waals surface area contributed by atoms with Gasteiger partial charge in [-0.25, -0.2) is 0 Å². The zero-order valence-corrected chi connectivity index (χ0v) is 9.89. The predicted molar refractivity (Wildman–Crippen MR) is 61.6 cm³/mol. The van der Waals surface area contributed by atoms with E-state index in [-0.39, 0.29) is 0 Å². The molecular formula is C12H20N4. The summed E-state index contributed by atoms with van der Waals surface area (Å²) in [5.74, 6) is 1.77. The van der Waals surface area contributed by atoms with Crippen molar-refractivity contribution in [3.63, 3.8) is 0 Å². The van der Waals surface area contributed by atoms with E-state index in [4.69, 9.17) is 5.73 Å². The largest absolute Gasteiger partial charge is 0.330 e. The van der Waals surface area contributed by atoms with E-state index >= 15 is 0 Å². The molecule has 0 spiro atoms. The van der Waals surface area contributed by atoms with Crippen LogP contribution in [0.25, 0.3) is 0 Å². The summed E-state index contributed by atoms with van der Waals surface area (Å²) in [7, 11) is 1.92. The molecule has 1 aromatic rings. The van der Waals surface area contributed by atoms with Crippen molar-refractivity contribution in [3.8, 4) is 0 Å². The van der Waals surface area contributed by atoms with Crippen LogP contribution >= 0.6 is 0 Å². The second kappa shape index (κ2) is 3.55. The molecule has 2 aliphatic rings. The van der Waals surface area contributed by atoms with Gasteiger partial charge in [-0.2, -0.15) is 0 Å². The van der Waals surface area contributed by atoms with Crippen LogP contribution in [0.15, 0.2) is 6.20 Å². The van der Waals surface area contributed by atoms with E-state index in [2.05, 4.69) is 10.3 Å². The van der Waals surface area contributed by atoms with Crippen LogP contribution in [0.1, 0.15) is 31.4 Å². The number of nitrogens with two attached hydrogens (primary N) is 1. The molecule has 2 aliphatic carbocycles. The topological polar surface area (TPSA) is 56.7 Å². The minimum Gasteiger partial charge on any atom is -0.330 e. The fourth-order valence-electron chi connectivity index (χ4n) is 3.93. The number of hydrogen-bond acceptors (Lipinski definition) is 3. The second-order valence-electron chi connectivity index (χ2n) is 5.71. The lowest BCUT2D eigenvalue weighted by atomic mass is 9.70. The van der Waals surface area contributed by atoms with Gasteiger partial charge in [-0.1, -0.05) is 11.6 Å². The normalized spacial score (nSPS) is 37.1. The maximum Gasteiger partial charge on any atom is 0.0833 e. The highest BCUT2D eigenvalue weighted by molar-refractivity contribution is 5.07. The molecule has 0 aliphatic heterocycles. The van der Waals surface area contributed by atoms with Gasteiger partial charge in [-0.05, 0) is 43.1 Å². The highest BCUT2D eigenvalue weighted by Crippen LogP contribution is 2.56. The van der Waals surface area contributed by atoms with Crippen molar-refractivity contribution in [1.82, 2.24) is 15.0 Å². The number of hydrogen-bond donors (Lipinski definition) is 1. The molecule has 1 heterocycles. The molecule has 0 amide bonds. The third-order valence-corrected chi connectivity index (χ3v) is 4.69. The lowest BCUT2D eigenvalue weighted by Crippen LogP contribution is -2.38. The minimum atomic E-state index is 0.332. The lowest BCUT2D eigenvalue weighted by Gasteiger charge is -2.36. The van der Waals surface area contributed by atoms with Gasteiger partial charge >= 0.3 is 0 Å². The summed E-state index contributed by atoms with van der Waals surface area (Å²) < 4.78 is 1.78. The van der Waals surface area contributed by atoms with Crippen LogP contribution in [0.5, 0.6) is 0 Å². The van der Waals surface area contributed by atoms with Crippen molar-refractivity contribution in [2.75, 3.05) is 6.54 Å². The fraction of sp³-hybridized carbons (Fsp3) is 0.833. The molecule has 88 valence electrons. The Morgan fingerprint density at radius 3 is 2.94 bits per heavy atom. The van der Waals surface area contributed by atoms with Crippen molar-refractivity contribution in [1.29, 1.82) is 0 Å². The van der Waals surface area contributed by atoms with E-state index in [9.17, 15) is 0 Å². The van der Waals surface area contributed by atoms with E-state index in [1.807, 2.05) is 13.2 Å². The molecule has 2 bridgehead atoms. The van der Waals surface area contributed by atoms with Gasteiger partial charge in [0, 0.05) is 19.7 Å². The minimum absolute atomic E-state index is 0.332. The van der Waals surface area contributed by atoms with E-state index in [1.165, 1.54) is 25.7 Å². The zero-order valence-electron chi connectivity index (χ0n) is 9.89. The summed E-state index contributed by atoms with van der Waals surface area (Å²) in [5, 5.41) is 8.23. The number of nitrogens with zero attached hydrogens (tertiary/aromatic N) is 3. The Hall–Kier alpha value is -0.900. The molecule has 0 aromatic carbocycles. The Bertz CT molecular complexity index is 386. The Morgan fingerprint density at radius 2 is 2.44 bits per heavy atom. The average molecular weight is 220 g/mol. The van der Waals surface area contributed by atoms with E-state index < -0.39 is 0 Å². The molecule has 0 saturated heterocycles. The van der Waals surface area contributed by atoms with Gasteiger partial charge < -0.3 is 5.73 Å². The molecule has 4 heteroatoms. The summed E-state index contributed by atoms with van der Waals surface area (Å²) in [6.45, 7) is 0.810. The van der Waals surface area contributed by atoms with Crippen LogP contribution in [-0.4, -0.2) is 21.5 Å². The van der Waals surface area contributed by atoms with Crippen LogP contribution in [0.3, 0.4) is 0 Å². The maximum absolute atomic E-state index is 6.05. The van der Waals surface area contributed by atoms with Gasteiger partial charge in [-0.15, -0.1) is 5.10 Å². The lowest BCUT2D eigenvalue weighted by molar-refractivity contribution is 0.170. The first-order valence-electron chi connectivity index (χ1n) is 6.27. The van der Waals surface area contributed by atoms with Crippen LogP contribution in [-0.2, 0) is 13.5 Å². The standard InChI is InChI=1S/C12H20N4/c1-16-7-11(14-15-16)6-12(8-13)5-9-2-3-10(12)4-9/h7,9-10H,2-6,8,13H2,1H3. The van der Waals surface area contributed by atoms with Gasteiger partial charge in [0.05, 0.1) is 5.69 Å². The Balaban J connectivity index is 1.81. The van der Waals surface area contributed by atoms with Crippen LogP contribution in [0.4, 0.5) is 0 Å². The molecule has 3 unspecified atom stereocenters. The van der Waals surface area contributed by atoms with Gasteiger partial charge in [0.2, 0.25) is 0 Å². The van der Waals surface area contributed by atoms with Gasteiger partial charge in [0.15, 0.2) is 0 Å². The van der Waals surface area contributed by atoms with Crippen molar-refractivity contribution >= 4 is 0 Å². The number of fused-ring (bicyclic) bond motifs is 2. The number of aryl methyl sites for hydroxylation is 1. The summed E-state index contributed by atoms with van der Waals surface area (Å²) in [4.78, 5) is 0. The number of aromatic nitrogens is 3. The first-order chi connectivity index (χ1) is 7.72. The van der Waals surface area contributed by atoms with Gasteiger partial charge in [0.25, 0.3) is 0 Å². The first kappa shape index (κ1) is 10.3. The van der Waals surface area contributed by atoms with Gasteiger partial charge in [-0.3, -0.25) is 4.68 Å². The monoisotopic (exact) mass is 220 g/mol. The fourth-order valence-corrected chi connectivity index (χ4v) is 3.93. The van der Waals surface area contributed by atoms with Crippen LogP contribution in [0, 0.1) is 17.3 Å². The van der Waals surface area contributed by atoms with Crippen molar-refractivity contribution in [2.45, 2.75) is 32.1 Å². The van der Waals surface area contributed by atoms with Crippen LogP contribution < -0.4 is 5.73 Å². The molecular weight excluding hydrogens is 200 g/mol. The summed E-state index contributed by atoms with van der Waals surface area (Å²) >= 11 is 0. The molecule has 3 rings (SSSR count). The zero-order chi connectivity index (χ0) is 11.2. The summed E-state index contributed by atoms with van der Waals surface area (Å²) in [5.41, 5.74) is 7.50. The Labute approximate surface area is 96.2 Å². The van der Waals surface area contributed by atoms with E-state index in [0.717, 1.165) is 30.5 Å². The third kappa shape index (κ3) is 1.47. The highest BCUT2D eigenvalue weighted by atomic mass is 15.4. The highest BCUT2D eigenvalue weighted by Gasteiger charge is 2.50. The average Bonchev–Trinajstić information content (AvgIpc) is 2.94. The predicted octanol–water partition coefficient (Wildman–Crippen LogP) is 1.12. The molecule has 16 heavy (non-hydrogen) atoms. The Kier molecular flexibility index (Phi) is 2.28. The molecule has 0 radical (unpaired) electrons. The van der Waals surface area contributed by atoms with Gasteiger partial charge in [0.1, 0.15) is 0 Å². The second-order valence-corrected chi connectivity index (χ2v) is 5.71. The SMILES string of the molecule is Cn1cc(CC2(CN)CC3CCC2C3)nn1. The quantitative estimate of drug-likeness (QED) is 0.830. The van der Waals surface area contributed by atoms with Crippen molar-refractivity contribution in [2.24, 2.45) is 30.0 Å². The molecule has 2 saturated carbocycles. The third-order valence-electron chi connectivity index (χ3n) is 4.69. The Morgan fingerprint density at radius 1 is 1.56 bits per heavy atom. The van der Waals surface area contributed by atoms with E-state index in [1.54, 1.807) is 4.68 Å². The summed E-state index contributed by atoms with van der Waals surface area (Å²) in [6, 6.07) is 0. The van der Waals surface area contributed by atoms with Crippen molar-refractivity contribution < 1.29 is 0 Å². The molecule has 2 N–H and O–H groups in total. The summed E-state index contributed by atoms with van der Waals surface area (Å²) in [6.07, 6.45) is 8.57. The maximum atomic E-state index is 6.05. The number of rotatable bonds is 3. The first-order valence-corrected chi connectivity index (χ1v) is 6.27.